The number of pyridine rings is 1. The molecule has 0 N–H and O–H groups in total. The fourth-order valence-corrected chi connectivity index (χ4v) is 4.61. The summed E-state index contributed by atoms with van der Waals surface area (Å²) in [6, 6.07) is 0. The van der Waals surface area contributed by atoms with Gasteiger partial charge in [-0.1, -0.05) is 40.5 Å². The van der Waals surface area contributed by atoms with Crippen molar-refractivity contribution in [1.82, 2.24) is 4.98 Å². The second-order valence-corrected chi connectivity index (χ2v) is 8.90. The largest absolute Gasteiger partial charge is 0.462 e. The number of carbonyl (C=O) groups is 2. The molecule has 0 aliphatic heterocycles. The minimum atomic E-state index is -0.314. The molecule has 0 unspecified atom stereocenters. The number of carbonyl (C=O) groups excluding carboxylic acids is 2. The van der Waals surface area contributed by atoms with Gasteiger partial charge in [0.05, 0.1) is 23.6 Å². The predicted octanol–water partition coefficient (Wildman–Crippen LogP) is 5.19. The second kappa shape index (κ2) is 7.13. The van der Waals surface area contributed by atoms with Crippen LogP contribution >= 0.6 is 0 Å². The lowest BCUT2D eigenvalue weighted by Gasteiger charge is -2.33. The molecule has 4 nitrogen and oxygen atoms in total. The van der Waals surface area contributed by atoms with Crippen LogP contribution in [0.2, 0.25) is 0 Å². The van der Waals surface area contributed by atoms with Crippen molar-refractivity contribution in [3.05, 3.63) is 28.1 Å². The van der Waals surface area contributed by atoms with E-state index in [1.165, 1.54) is 0 Å². The van der Waals surface area contributed by atoms with E-state index < -0.39 is 0 Å². The molecule has 0 bridgehead atoms. The minimum Gasteiger partial charge on any atom is -0.462 e. The Morgan fingerprint density at radius 3 is 2.46 bits per heavy atom. The van der Waals surface area contributed by atoms with Gasteiger partial charge in [0.15, 0.2) is 5.78 Å². The quantitative estimate of drug-likeness (QED) is 0.695. The molecule has 3 rings (SSSR count). The first kappa shape index (κ1) is 19.1. The Labute approximate surface area is 156 Å². The van der Waals surface area contributed by atoms with Crippen molar-refractivity contribution >= 4 is 11.8 Å². The first-order chi connectivity index (χ1) is 12.2. The molecule has 1 fully saturated rings. The minimum absolute atomic E-state index is 0.0796. The van der Waals surface area contributed by atoms with Crippen LogP contribution in [-0.2, 0) is 11.2 Å². The normalized spacial score (nSPS) is 19.7. The van der Waals surface area contributed by atoms with Gasteiger partial charge in [0.2, 0.25) is 0 Å². The van der Waals surface area contributed by atoms with Crippen LogP contribution in [0.4, 0.5) is 0 Å². The summed E-state index contributed by atoms with van der Waals surface area (Å²) in [7, 11) is 0. The molecule has 2 aliphatic carbocycles. The van der Waals surface area contributed by atoms with Gasteiger partial charge in [-0.3, -0.25) is 9.78 Å². The zero-order chi connectivity index (χ0) is 19.1. The molecular weight excluding hydrogens is 326 g/mol. The fraction of sp³-hybridized carbons (Fsp3) is 0.682. The molecule has 26 heavy (non-hydrogen) atoms. The molecule has 0 radical (unpaired) electrons. The summed E-state index contributed by atoms with van der Waals surface area (Å²) in [5.41, 5.74) is 3.89. The van der Waals surface area contributed by atoms with Gasteiger partial charge in [-0.2, -0.15) is 0 Å². The fourth-order valence-electron chi connectivity index (χ4n) is 4.61. The molecule has 142 valence electrons. The van der Waals surface area contributed by atoms with Gasteiger partial charge in [0.1, 0.15) is 0 Å². The Balaban J connectivity index is 2.30. The summed E-state index contributed by atoms with van der Waals surface area (Å²) in [4.78, 5) is 30.9. The van der Waals surface area contributed by atoms with Crippen LogP contribution in [0.25, 0.3) is 0 Å². The maximum absolute atomic E-state index is 13.1. The SMILES string of the molecule is CCOC(=O)c1c(C(C)C)nc2c(c1C1CCCC1)C(=O)CC(C)(C)C2. The Morgan fingerprint density at radius 2 is 1.88 bits per heavy atom. The van der Waals surface area contributed by atoms with E-state index >= 15 is 0 Å². The molecule has 0 aromatic carbocycles. The van der Waals surface area contributed by atoms with Crippen molar-refractivity contribution in [3.63, 3.8) is 0 Å². The van der Waals surface area contributed by atoms with E-state index in [0.29, 0.717) is 18.6 Å². The van der Waals surface area contributed by atoms with Crippen molar-refractivity contribution in [1.29, 1.82) is 0 Å². The van der Waals surface area contributed by atoms with E-state index in [9.17, 15) is 9.59 Å². The van der Waals surface area contributed by atoms with Gasteiger partial charge < -0.3 is 4.74 Å². The number of nitrogens with zero attached hydrogens (tertiary/aromatic N) is 1. The third-order valence-corrected chi connectivity index (χ3v) is 5.69. The standard InChI is InChI=1S/C22H31NO3/c1-6-26-21(25)19-17(14-9-7-8-10-14)18-15(23-20(19)13(2)3)11-22(4,5)12-16(18)24/h13-14H,6-12H2,1-5H3. The summed E-state index contributed by atoms with van der Waals surface area (Å²) in [6.07, 6.45) is 5.69. The topological polar surface area (TPSA) is 56.3 Å². The van der Waals surface area contributed by atoms with Gasteiger partial charge in [-0.25, -0.2) is 4.79 Å². The van der Waals surface area contributed by atoms with Crippen LogP contribution in [0.3, 0.4) is 0 Å². The zero-order valence-corrected chi connectivity index (χ0v) is 16.8. The molecule has 4 heteroatoms. The van der Waals surface area contributed by atoms with Gasteiger partial charge in [-0.05, 0) is 49.0 Å². The third kappa shape index (κ3) is 3.43. The predicted molar refractivity (Wildman–Crippen MR) is 102 cm³/mol. The molecule has 0 spiro atoms. The summed E-state index contributed by atoms with van der Waals surface area (Å²) in [5.74, 6) is 0.214. The third-order valence-electron chi connectivity index (χ3n) is 5.69. The lowest BCUT2D eigenvalue weighted by Crippen LogP contribution is -2.32. The molecule has 1 saturated carbocycles. The van der Waals surface area contributed by atoms with Crippen LogP contribution in [-0.4, -0.2) is 23.3 Å². The van der Waals surface area contributed by atoms with Crippen LogP contribution in [0, 0.1) is 5.41 Å². The summed E-state index contributed by atoms with van der Waals surface area (Å²) >= 11 is 0. The van der Waals surface area contributed by atoms with Crippen LogP contribution in [0.1, 0.15) is 116 Å². The number of aromatic nitrogens is 1. The Kier molecular flexibility index (Phi) is 5.23. The molecule has 1 aromatic heterocycles. The molecule has 0 atom stereocenters. The molecule has 1 heterocycles. The molecule has 0 amide bonds. The number of hydrogen-bond donors (Lipinski definition) is 0. The van der Waals surface area contributed by atoms with Gasteiger partial charge in [0.25, 0.3) is 0 Å². The van der Waals surface area contributed by atoms with Gasteiger partial charge in [-0.15, -0.1) is 0 Å². The van der Waals surface area contributed by atoms with Crippen LogP contribution in [0.15, 0.2) is 0 Å². The van der Waals surface area contributed by atoms with E-state index in [0.717, 1.165) is 54.6 Å². The van der Waals surface area contributed by atoms with Crippen molar-refractivity contribution in [2.24, 2.45) is 5.41 Å². The highest BCUT2D eigenvalue weighted by molar-refractivity contribution is 6.04. The summed E-state index contributed by atoms with van der Waals surface area (Å²) in [5, 5.41) is 0. The number of ether oxygens (including phenoxy) is 1. The number of rotatable bonds is 4. The second-order valence-electron chi connectivity index (χ2n) is 8.90. The highest BCUT2D eigenvalue weighted by Gasteiger charge is 2.39. The van der Waals surface area contributed by atoms with E-state index in [-0.39, 0.29) is 29.0 Å². The van der Waals surface area contributed by atoms with E-state index in [4.69, 9.17) is 9.72 Å². The Hall–Kier alpha value is -1.71. The zero-order valence-electron chi connectivity index (χ0n) is 16.8. The Bertz CT molecular complexity index is 727. The highest BCUT2D eigenvalue weighted by atomic mass is 16.5. The highest BCUT2D eigenvalue weighted by Crippen LogP contribution is 2.44. The molecular formula is C22H31NO3. The summed E-state index contributed by atoms with van der Waals surface area (Å²) < 4.78 is 5.40. The molecule has 0 saturated heterocycles. The average Bonchev–Trinajstić information content (AvgIpc) is 3.06. The maximum Gasteiger partial charge on any atom is 0.340 e. The van der Waals surface area contributed by atoms with Crippen molar-refractivity contribution in [2.45, 2.75) is 85.0 Å². The number of hydrogen-bond acceptors (Lipinski definition) is 4. The number of esters is 1. The van der Waals surface area contributed by atoms with Crippen molar-refractivity contribution < 1.29 is 14.3 Å². The lowest BCUT2D eigenvalue weighted by molar-refractivity contribution is 0.0522. The number of fused-ring (bicyclic) bond motifs is 1. The van der Waals surface area contributed by atoms with Crippen molar-refractivity contribution in [2.75, 3.05) is 6.61 Å². The Morgan fingerprint density at radius 1 is 1.23 bits per heavy atom. The monoisotopic (exact) mass is 357 g/mol. The van der Waals surface area contributed by atoms with Gasteiger partial charge in [0, 0.05) is 12.0 Å². The van der Waals surface area contributed by atoms with Gasteiger partial charge >= 0.3 is 5.97 Å². The maximum atomic E-state index is 13.1. The average molecular weight is 357 g/mol. The number of Topliss-reactive ketones (excluding diaryl/α,β-unsaturated/α-hetero) is 1. The molecule has 1 aromatic rings. The number of ketones is 1. The first-order valence-electron chi connectivity index (χ1n) is 10.0. The summed E-state index contributed by atoms with van der Waals surface area (Å²) in [6.45, 7) is 10.5. The van der Waals surface area contributed by atoms with Crippen molar-refractivity contribution in [3.8, 4) is 0 Å². The van der Waals surface area contributed by atoms with E-state index in [1.54, 1.807) is 0 Å². The smallest absolute Gasteiger partial charge is 0.340 e. The van der Waals surface area contributed by atoms with E-state index in [1.807, 2.05) is 6.92 Å². The van der Waals surface area contributed by atoms with Crippen LogP contribution in [0.5, 0.6) is 0 Å². The van der Waals surface area contributed by atoms with Crippen LogP contribution < -0.4 is 0 Å². The first-order valence-corrected chi connectivity index (χ1v) is 10.0. The lowest BCUT2D eigenvalue weighted by atomic mass is 9.72. The molecule has 2 aliphatic rings. The van der Waals surface area contributed by atoms with E-state index in [2.05, 4.69) is 27.7 Å².